The fourth-order valence-electron chi connectivity index (χ4n) is 3.88. The van der Waals surface area contributed by atoms with Gasteiger partial charge < -0.3 is 9.26 Å². The molecule has 8 heteroatoms. The molecule has 0 fully saturated rings. The number of anilines is 1. The largest absolute Gasteiger partial charge is 0.443 e. The minimum absolute atomic E-state index is 0.182. The predicted octanol–water partition coefficient (Wildman–Crippen LogP) is 6.89. The fraction of sp³-hybridized carbons (Fsp3) is 0.348. The van der Waals surface area contributed by atoms with Gasteiger partial charge in [0.15, 0.2) is 5.76 Å². The highest BCUT2D eigenvalue weighted by atomic mass is 35.5. The van der Waals surface area contributed by atoms with Crippen molar-refractivity contribution < 1.29 is 14.1 Å². The van der Waals surface area contributed by atoms with Crippen LogP contribution in [-0.2, 0) is 11.3 Å². The highest BCUT2D eigenvalue weighted by Gasteiger charge is 2.36. The lowest BCUT2D eigenvalue weighted by Crippen LogP contribution is -2.38. The summed E-state index contributed by atoms with van der Waals surface area (Å²) < 4.78 is 11.3. The number of nitrogens with zero attached hydrogens (tertiary/aromatic N) is 3. The van der Waals surface area contributed by atoms with E-state index in [-0.39, 0.29) is 6.54 Å². The maximum Gasteiger partial charge on any atom is 0.415 e. The molecule has 0 radical (unpaired) electrons. The van der Waals surface area contributed by atoms with Gasteiger partial charge in [-0.3, -0.25) is 9.88 Å². The topological polar surface area (TPSA) is 68.5 Å². The first-order chi connectivity index (χ1) is 14.5. The molecule has 1 aliphatic rings. The molecule has 0 atom stereocenters. The minimum atomic E-state index is -0.629. The van der Waals surface area contributed by atoms with E-state index in [0.29, 0.717) is 32.9 Å². The third kappa shape index (κ3) is 3.58. The van der Waals surface area contributed by atoms with Gasteiger partial charge in [-0.15, -0.1) is 0 Å². The molecule has 3 heterocycles. The van der Waals surface area contributed by atoms with Gasteiger partial charge in [0, 0.05) is 21.8 Å². The first kappa shape index (κ1) is 21.7. The van der Waals surface area contributed by atoms with Gasteiger partial charge in [-0.1, -0.05) is 28.4 Å². The van der Waals surface area contributed by atoms with E-state index in [4.69, 9.17) is 32.5 Å². The van der Waals surface area contributed by atoms with E-state index >= 15 is 0 Å². The molecule has 0 spiro atoms. The van der Waals surface area contributed by atoms with Crippen LogP contribution in [0.3, 0.4) is 0 Å². The average Bonchev–Trinajstić information content (AvgIpc) is 3.13. The number of hydrogen-bond donors (Lipinski definition) is 0. The third-order valence-electron chi connectivity index (χ3n) is 5.30. The molecule has 2 aromatic heterocycles. The van der Waals surface area contributed by atoms with E-state index < -0.39 is 11.7 Å². The SMILES string of the molecule is Cc1c(Cl)c(C)c(-c2noc3c2-c2ncccc2N(C(=O)OC(C)(C)C)C3)c(C)c1Cl. The number of halogens is 2. The molecule has 0 saturated heterocycles. The highest BCUT2D eigenvalue weighted by Crippen LogP contribution is 2.47. The van der Waals surface area contributed by atoms with Crippen LogP contribution in [0.4, 0.5) is 10.5 Å². The van der Waals surface area contributed by atoms with Crippen LogP contribution in [-0.4, -0.2) is 21.8 Å². The zero-order valence-electron chi connectivity index (χ0n) is 18.3. The molecule has 0 N–H and O–H groups in total. The minimum Gasteiger partial charge on any atom is -0.443 e. The number of fused-ring (bicyclic) bond motifs is 3. The van der Waals surface area contributed by atoms with Crippen LogP contribution in [0.2, 0.25) is 10.0 Å². The molecular formula is C23H23Cl2N3O3. The van der Waals surface area contributed by atoms with Crippen molar-refractivity contribution in [1.29, 1.82) is 0 Å². The van der Waals surface area contributed by atoms with Gasteiger partial charge in [-0.2, -0.15) is 0 Å². The summed E-state index contributed by atoms with van der Waals surface area (Å²) in [6.07, 6.45) is 1.20. The summed E-state index contributed by atoms with van der Waals surface area (Å²) in [4.78, 5) is 18.9. The molecule has 0 aliphatic carbocycles. The molecule has 31 heavy (non-hydrogen) atoms. The number of benzene rings is 1. The van der Waals surface area contributed by atoms with E-state index in [2.05, 4.69) is 10.1 Å². The summed E-state index contributed by atoms with van der Waals surface area (Å²) >= 11 is 13.1. The second-order valence-corrected chi connectivity index (χ2v) is 9.40. The second-order valence-electron chi connectivity index (χ2n) is 8.64. The van der Waals surface area contributed by atoms with E-state index in [1.807, 2.05) is 47.6 Å². The second kappa shape index (κ2) is 7.53. The normalized spacial score (nSPS) is 13.1. The standard InChI is InChI=1S/C23H23Cl2N3O3/c1-11-16(12(2)19(25)13(3)18(11)24)21-17-15(31-27-21)10-28(22(29)30-23(4,5)6)14-8-7-9-26-20(14)17/h7-9H,10H2,1-6H3. The van der Waals surface area contributed by atoms with Gasteiger partial charge in [0.25, 0.3) is 0 Å². The Bertz CT molecular complexity index is 1180. The van der Waals surface area contributed by atoms with E-state index in [9.17, 15) is 4.79 Å². The number of aromatic nitrogens is 2. The summed E-state index contributed by atoms with van der Waals surface area (Å²) in [5.41, 5.74) is 5.31. The summed E-state index contributed by atoms with van der Waals surface area (Å²) in [6, 6.07) is 3.62. The molecule has 0 saturated carbocycles. The summed E-state index contributed by atoms with van der Waals surface area (Å²) in [7, 11) is 0. The Hall–Kier alpha value is -2.57. The van der Waals surface area contributed by atoms with Gasteiger partial charge in [0.05, 0.1) is 23.5 Å². The van der Waals surface area contributed by atoms with Gasteiger partial charge in [0.2, 0.25) is 0 Å². The molecule has 1 aromatic carbocycles. The lowest BCUT2D eigenvalue weighted by atomic mass is 9.92. The number of pyridine rings is 1. The van der Waals surface area contributed by atoms with Crippen molar-refractivity contribution in [2.24, 2.45) is 0 Å². The Balaban J connectivity index is 1.90. The van der Waals surface area contributed by atoms with Crippen LogP contribution < -0.4 is 4.90 Å². The lowest BCUT2D eigenvalue weighted by molar-refractivity contribution is 0.0573. The quantitative estimate of drug-likeness (QED) is 0.396. The van der Waals surface area contributed by atoms with Crippen molar-refractivity contribution in [2.45, 2.75) is 53.7 Å². The molecule has 0 bridgehead atoms. The number of hydrogen-bond acceptors (Lipinski definition) is 5. The number of ether oxygens (including phenoxy) is 1. The molecule has 3 aromatic rings. The number of rotatable bonds is 1. The van der Waals surface area contributed by atoms with Crippen molar-refractivity contribution >= 4 is 35.0 Å². The van der Waals surface area contributed by atoms with Gasteiger partial charge in [0.1, 0.15) is 11.3 Å². The summed E-state index contributed by atoms with van der Waals surface area (Å²) in [5, 5.41) is 5.54. The maximum absolute atomic E-state index is 12.9. The first-order valence-electron chi connectivity index (χ1n) is 9.90. The summed E-state index contributed by atoms with van der Waals surface area (Å²) in [5.74, 6) is 0.527. The van der Waals surface area contributed by atoms with Crippen LogP contribution in [0.5, 0.6) is 0 Å². The molecule has 4 rings (SSSR count). The van der Waals surface area contributed by atoms with E-state index in [1.165, 1.54) is 4.90 Å². The van der Waals surface area contributed by atoms with Crippen LogP contribution in [0, 0.1) is 20.8 Å². The Kier molecular flexibility index (Phi) is 5.26. The molecular weight excluding hydrogens is 437 g/mol. The Labute approximate surface area is 191 Å². The van der Waals surface area contributed by atoms with Crippen LogP contribution in [0.25, 0.3) is 22.5 Å². The third-order valence-corrected chi connectivity index (χ3v) is 6.43. The van der Waals surface area contributed by atoms with Crippen molar-refractivity contribution in [3.05, 3.63) is 50.8 Å². The number of carbonyl (C=O) groups is 1. The molecule has 1 amide bonds. The van der Waals surface area contributed by atoms with E-state index in [0.717, 1.165) is 27.8 Å². The Morgan fingerprint density at radius 2 is 1.71 bits per heavy atom. The Morgan fingerprint density at radius 3 is 2.32 bits per heavy atom. The van der Waals surface area contributed by atoms with Gasteiger partial charge in [-0.05, 0) is 70.4 Å². The zero-order valence-corrected chi connectivity index (χ0v) is 19.8. The lowest BCUT2D eigenvalue weighted by Gasteiger charge is -2.30. The fourth-order valence-corrected chi connectivity index (χ4v) is 4.30. The number of carbonyl (C=O) groups excluding carboxylic acids is 1. The Morgan fingerprint density at radius 1 is 1.06 bits per heavy atom. The first-order valence-corrected chi connectivity index (χ1v) is 10.7. The van der Waals surface area contributed by atoms with Crippen LogP contribution >= 0.6 is 23.2 Å². The van der Waals surface area contributed by atoms with Crippen molar-refractivity contribution in [3.8, 4) is 22.5 Å². The van der Waals surface area contributed by atoms with Crippen molar-refractivity contribution in [3.63, 3.8) is 0 Å². The van der Waals surface area contributed by atoms with E-state index in [1.54, 1.807) is 12.3 Å². The predicted molar refractivity (Wildman–Crippen MR) is 122 cm³/mol. The van der Waals surface area contributed by atoms with Crippen LogP contribution in [0.15, 0.2) is 22.9 Å². The number of amides is 1. The summed E-state index contributed by atoms with van der Waals surface area (Å²) in [6.45, 7) is 11.4. The van der Waals surface area contributed by atoms with Gasteiger partial charge >= 0.3 is 6.09 Å². The molecule has 1 aliphatic heterocycles. The van der Waals surface area contributed by atoms with Crippen molar-refractivity contribution in [1.82, 2.24) is 10.1 Å². The zero-order chi connectivity index (χ0) is 22.7. The van der Waals surface area contributed by atoms with Crippen molar-refractivity contribution in [2.75, 3.05) is 4.90 Å². The monoisotopic (exact) mass is 459 g/mol. The highest BCUT2D eigenvalue weighted by molar-refractivity contribution is 6.37. The molecule has 162 valence electrons. The van der Waals surface area contributed by atoms with Crippen LogP contribution in [0.1, 0.15) is 43.2 Å². The van der Waals surface area contributed by atoms with Gasteiger partial charge in [-0.25, -0.2) is 4.79 Å². The molecule has 0 unspecified atom stereocenters. The smallest absolute Gasteiger partial charge is 0.415 e. The molecule has 6 nitrogen and oxygen atoms in total. The maximum atomic E-state index is 12.9. The average molecular weight is 460 g/mol.